The minimum Gasteiger partial charge on any atom is -0.350 e. The summed E-state index contributed by atoms with van der Waals surface area (Å²) in [5.41, 5.74) is 1.09. The zero-order valence-corrected chi connectivity index (χ0v) is 20.4. The number of hydrogen-bond donors (Lipinski definition) is 1. The summed E-state index contributed by atoms with van der Waals surface area (Å²) in [6, 6.07) is 10.5. The van der Waals surface area contributed by atoms with Gasteiger partial charge in [-0.2, -0.15) is 0 Å². The highest BCUT2D eigenvalue weighted by atomic mass is 35.5. The average molecular weight is 485 g/mol. The second-order valence-corrected chi connectivity index (χ2v) is 10.1. The normalized spacial score (nSPS) is 12.4. The molecule has 0 saturated carbocycles. The fourth-order valence-corrected chi connectivity index (χ4v) is 4.48. The van der Waals surface area contributed by atoms with Crippen LogP contribution in [0.15, 0.2) is 42.5 Å². The number of amides is 2. The number of rotatable bonds is 8. The van der Waals surface area contributed by atoms with E-state index in [1.807, 2.05) is 20.8 Å². The Kier molecular flexibility index (Phi) is 9.22. The van der Waals surface area contributed by atoms with Crippen molar-refractivity contribution < 1.29 is 14.0 Å². The second-order valence-electron chi connectivity index (χ2n) is 8.26. The Morgan fingerprint density at radius 2 is 1.68 bits per heavy atom. The zero-order chi connectivity index (χ0) is 23.2. The summed E-state index contributed by atoms with van der Waals surface area (Å²) in [4.78, 5) is 27.3. The van der Waals surface area contributed by atoms with Gasteiger partial charge in [0.1, 0.15) is 11.9 Å². The number of hydrogen-bond acceptors (Lipinski definition) is 3. The highest BCUT2D eigenvalue weighted by molar-refractivity contribution is 7.99. The molecule has 0 aromatic heterocycles. The lowest BCUT2D eigenvalue weighted by Crippen LogP contribution is -2.52. The molecular weight excluding hydrogens is 458 g/mol. The van der Waals surface area contributed by atoms with Crippen LogP contribution in [0.3, 0.4) is 0 Å². The van der Waals surface area contributed by atoms with Gasteiger partial charge in [-0.05, 0) is 63.1 Å². The molecule has 0 aliphatic rings. The molecule has 0 heterocycles. The van der Waals surface area contributed by atoms with E-state index in [2.05, 4.69) is 5.32 Å². The summed E-state index contributed by atoms with van der Waals surface area (Å²) >= 11 is 13.8. The van der Waals surface area contributed by atoms with E-state index in [0.29, 0.717) is 15.8 Å². The number of nitrogens with one attached hydrogen (secondary N) is 1. The van der Waals surface area contributed by atoms with Gasteiger partial charge in [-0.15, -0.1) is 11.8 Å². The van der Waals surface area contributed by atoms with Crippen LogP contribution in [-0.2, 0) is 21.9 Å². The van der Waals surface area contributed by atoms with Crippen molar-refractivity contribution in [2.24, 2.45) is 0 Å². The third-order valence-electron chi connectivity index (χ3n) is 4.47. The monoisotopic (exact) mass is 484 g/mol. The summed E-state index contributed by atoms with van der Waals surface area (Å²) in [6.45, 7) is 7.54. The molecule has 2 amide bonds. The van der Waals surface area contributed by atoms with Gasteiger partial charge in [0.2, 0.25) is 11.8 Å². The molecule has 2 rings (SSSR count). The maximum atomic E-state index is 13.3. The molecule has 1 N–H and O–H groups in total. The molecule has 1 atom stereocenters. The van der Waals surface area contributed by atoms with Crippen LogP contribution in [-0.4, -0.2) is 34.0 Å². The minimum absolute atomic E-state index is 0.149. The molecule has 2 aromatic rings. The predicted molar refractivity (Wildman–Crippen MR) is 127 cm³/mol. The first-order valence-electron chi connectivity index (χ1n) is 9.84. The first kappa shape index (κ1) is 25.5. The first-order chi connectivity index (χ1) is 14.5. The Labute approximate surface area is 197 Å². The van der Waals surface area contributed by atoms with Gasteiger partial charge in [-0.3, -0.25) is 9.59 Å². The van der Waals surface area contributed by atoms with Crippen LogP contribution in [0.1, 0.15) is 38.8 Å². The summed E-state index contributed by atoms with van der Waals surface area (Å²) in [5, 5.41) is 4.01. The molecule has 2 aromatic carbocycles. The SMILES string of the molecule is C[C@H](C(=O)NC(C)(C)C)N(Cc1ccc(F)cc1)C(=O)CSCc1c(Cl)cccc1Cl. The molecule has 0 aliphatic carbocycles. The van der Waals surface area contributed by atoms with Gasteiger partial charge in [0, 0.05) is 27.9 Å². The van der Waals surface area contributed by atoms with Crippen molar-refractivity contribution in [1.82, 2.24) is 10.2 Å². The van der Waals surface area contributed by atoms with Crippen molar-refractivity contribution in [2.75, 3.05) is 5.75 Å². The number of thioether (sulfide) groups is 1. The van der Waals surface area contributed by atoms with E-state index in [4.69, 9.17) is 23.2 Å². The third-order valence-corrected chi connectivity index (χ3v) is 6.12. The standard InChI is InChI=1S/C23H27Cl2FN2O2S/c1-15(22(30)27-23(2,3)4)28(12-16-8-10-17(26)11-9-16)21(29)14-31-13-18-19(24)6-5-7-20(18)25/h5-11,15H,12-14H2,1-4H3,(H,27,30)/t15-/m1/s1. The summed E-state index contributed by atoms with van der Waals surface area (Å²) in [7, 11) is 0. The smallest absolute Gasteiger partial charge is 0.242 e. The molecule has 4 nitrogen and oxygen atoms in total. The maximum absolute atomic E-state index is 13.3. The molecule has 0 radical (unpaired) electrons. The molecular formula is C23H27Cl2FN2O2S. The van der Waals surface area contributed by atoms with Crippen LogP contribution in [0.4, 0.5) is 4.39 Å². The lowest BCUT2D eigenvalue weighted by molar-refractivity contribution is -0.139. The Morgan fingerprint density at radius 1 is 1.10 bits per heavy atom. The Morgan fingerprint density at radius 3 is 2.23 bits per heavy atom. The molecule has 31 heavy (non-hydrogen) atoms. The Bertz CT molecular complexity index is 897. The number of nitrogens with zero attached hydrogens (tertiary/aromatic N) is 1. The van der Waals surface area contributed by atoms with Crippen molar-refractivity contribution in [3.8, 4) is 0 Å². The Balaban J connectivity index is 2.13. The van der Waals surface area contributed by atoms with Crippen molar-refractivity contribution >= 4 is 46.8 Å². The van der Waals surface area contributed by atoms with Gasteiger partial charge >= 0.3 is 0 Å². The molecule has 0 unspecified atom stereocenters. The summed E-state index contributed by atoms with van der Waals surface area (Å²) in [5.74, 6) is -0.184. The van der Waals surface area contributed by atoms with Crippen LogP contribution in [0.5, 0.6) is 0 Å². The van der Waals surface area contributed by atoms with Crippen LogP contribution in [0.25, 0.3) is 0 Å². The largest absolute Gasteiger partial charge is 0.350 e. The molecule has 0 bridgehead atoms. The zero-order valence-electron chi connectivity index (χ0n) is 18.0. The lowest BCUT2D eigenvalue weighted by atomic mass is 10.1. The lowest BCUT2D eigenvalue weighted by Gasteiger charge is -2.31. The fourth-order valence-electron chi connectivity index (χ4n) is 2.84. The van der Waals surface area contributed by atoms with E-state index in [0.717, 1.165) is 11.1 Å². The van der Waals surface area contributed by atoms with E-state index in [1.54, 1.807) is 37.3 Å². The van der Waals surface area contributed by atoms with E-state index >= 15 is 0 Å². The topological polar surface area (TPSA) is 49.4 Å². The average Bonchev–Trinajstić information content (AvgIpc) is 2.67. The first-order valence-corrected chi connectivity index (χ1v) is 11.8. The van der Waals surface area contributed by atoms with Crippen LogP contribution >= 0.6 is 35.0 Å². The number of carbonyl (C=O) groups excluding carboxylic acids is 2. The number of halogens is 3. The highest BCUT2D eigenvalue weighted by Gasteiger charge is 2.28. The van der Waals surface area contributed by atoms with Crippen molar-refractivity contribution in [1.29, 1.82) is 0 Å². The van der Waals surface area contributed by atoms with Gasteiger partial charge < -0.3 is 10.2 Å². The summed E-state index contributed by atoms with van der Waals surface area (Å²) in [6.07, 6.45) is 0. The number of carbonyl (C=O) groups is 2. The van der Waals surface area contributed by atoms with Crippen LogP contribution < -0.4 is 5.32 Å². The van der Waals surface area contributed by atoms with Gasteiger partial charge in [0.25, 0.3) is 0 Å². The quantitative estimate of drug-likeness (QED) is 0.522. The van der Waals surface area contributed by atoms with Crippen molar-refractivity contribution in [3.05, 3.63) is 69.5 Å². The van der Waals surface area contributed by atoms with Gasteiger partial charge in [0.15, 0.2) is 0 Å². The second kappa shape index (κ2) is 11.2. The fraction of sp³-hybridized carbons (Fsp3) is 0.391. The molecule has 0 aliphatic heterocycles. The Hall–Kier alpha value is -1.76. The van der Waals surface area contributed by atoms with Gasteiger partial charge in [-0.25, -0.2) is 4.39 Å². The van der Waals surface area contributed by atoms with Crippen molar-refractivity contribution in [3.63, 3.8) is 0 Å². The van der Waals surface area contributed by atoms with E-state index in [1.165, 1.54) is 28.8 Å². The molecule has 0 saturated heterocycles. The molecule has 0 fully saturated rings. The highest BCUT2D eigenvalue weighted by Crippen LogP contribution is 2.28. The van der Waals surface area contributed by atoms with Gasteiger partial charge in [0.05, 0.1) is 5.75 Å². The minimum atomic E-state index is -0.693. The van der Waals surface area contributed by atoms with E-state index < -0.39 is 11.6 Å². The van der Waals surface area contributed by atoms with Crippen LogP contribution in [0.2, 0.25) is 10.0 Å². The maximum Gasteiger partial charge on any atom is 0.242 e. The van der Waals surface area contributed by atoms with Gasteiger partial charge in [-0.1, -0.05) is 41.4 Å². The van der Waals surface area contributed by atoms with Crippen molar-refractivity contribution in [2.45, 2.75) is 51.6 Å². The molecule has 0 spiro atoms. The van der Waals surface area contributed by atoms with E-state index in [-0.39, 0.29) is 29.9 Å². The predicted octanol–water partition coefficient (Wildman–Crippen LogP) is 5.70. The summed E-state index contributed by atoms with van der Waals surface area (Å²) < 4.78 is 13.3. The third kappa shape index (κ3) is 8.02. The van der Waals surface area contributed by atoms with E-state index in [9.17, 15) is 14.0 Å². The molecule has 168 valence electrons. The molecule has 8 heteroatoms. The number of benzene rings is 2. The van der Waals surface area contributed by atoms with Crippen LogP contribution in [0, 0.1) is 5.82 Å².